The zero-order valence-corrected chi connectivity index (χ0v) is 8.78. The van der Waals surface area contributed by atoms with E-state index in [1.807, 2.05) is 13.8 Å². The summed E-state index contributed by atoms with van der Waals surface area (Å²) in [6.07, 6.45) is -0.134. The van der Waals surface area contributed by atoms with Crippen LogP contribution in [0, 0.1) is 5.92 Å². The van der Waals surface area contributed by atoms with Crippen molar-refractivity contribution in [2.45, 2.75) is 26.3 Å². The lowest BCUT2D eigenvalue weighted by molar-refractivity contribution is -0.141. The quantitative estimate of drug-likeness (QED) is 0.593. The lowest BCUT2D eigenvalue weighted by Gasteiger charge is -2.15. The smallest absolute Gasteiger partial charge is 0.321 e. The van der Waals surface area contributed by atoms with Crippen molar-refractivity contribution in [1.82, 2.24) is 5.32 Å². The molecule has 0 bridgehead atoms. The molecule has 0 unspecified atom stereocenters. The number of allylic oxidation sites excluding steroid dienone is 1. The standard InChI is InChI=1S/C10H15NO4/c1-5(2)7-4-11-9(10(14)15)6(7)3-8(12)13/h6,9,11H,3-4H2,1-2H3,(H,12,13)(H,14,15)/t6-,9-/m0/s1. The van der Waals surface area contributed by atoms with E-state index < -0.39 is 23.9 Å². The van der Waals surface area contributed by atoms with E-state index in [2.05, 4.69) is 5.32 Å². The molecule has 0 amide bonds. The van der Waals surface area contributed by atoms with Crippen molar-refractivity contribution in [3.8, 4) is 0 Å². The van der Waals surface area contributed by atoms with E-state index in [1.54, 1.807) is 0 Å². The summed E-state index contributed by atoms with van der Waals surface area (Å²) in [7, 11) is 0. The number of carboxylic acid groups (broad SMARTS) is 2. The van der Waals surface area contributed by atoms with Crippen LogP contribution < -0.4 is 5.32 Å². The Balaban J connectivity index is 2.93. The SMILES string of the molecule is CC(C)=C1CN[C@H](C(=O)O)[C@H]1CC(=O)O. The van der Waals surface area contributed by atoms with Crippen molar-refractivity contribution >= 4 is 11.9 Å². The molecule has 0 spiro atoms. The number of hydrogen-bond donors (Lipinski definition) is 3. The van der Waals surface area contributed by atoms with Gasteiger partial charge in [0.15, 0.2) is 0 Å². The first-order valence-electron chi connectivity index (χ1n) is 4.77. The minimum atomic E-state index is -0.988. The van der Waals surface area contributed by atoms with E-state index in [-0.39, 0.29) is 6.42 Å². The second-order valence-electron chi connectivity index (χ2n) is 3.93. The van der Waals surface area contributed by atoms with Gasteiger partial charge in [0.1, 0.15) is 6.04 Å². The summed E-state index contributed by atoms with van der Waals surface area (Å²) in [4.78, 5) is 21.5. The van der Waals surface area contributed by atoms with Gasteiger partial charge < -0.3 is 15.5 Å². The average molecular weight is 213 g/mol. The van der Waals surface area contributed by atoms with Crippen molar-refractivity contribution in [3.63, 3.8) is 0 Å². The molecule has 1 fully saturated rings. The molecule has 15 heavy (non-hydrogen) atoms. The lowest BCUT2D eigenvalue weighted by atomic mass is 9.90. The molecule has 2 atom stereocenters. The topological polar surface area (TPSA) is 86.6 Å². The Bertz CT molecular complexity index is 317. The predicted octanol–water partition coefficient (Wildman–Crippen LogP) is 0.470. The summed E-state index contributed by atoms with van der Waals surface area (Å²) < 4.78 is 0. The highest BCUT2D eigenvalue weighted by Crippen LogP contribution is 2.27. The Morgan fingerprint density at radius 1 is 1.40 bits per heavy atom. The summed E-state index contributed by atoms with van der Waals surface area (Å²) in [5, 5.41) is 20.5. The zero-order chi connectivity index (χ0) is 11.6. The van der Waals surface area contributed by atoms with E-state index in [9.17, 15) is 9.59 Å². The molecule has 1 rings (SSSR count). The van der Waals surface area contributed by atoms with Gasteiger partial charge in [-0.1, -0.05) is 11.1 Å². The maximum atomic E-state index is 10.9. The largest absolute Gasteiger partial charge is 0.481 e. The summed E-state index contributed by atoms with van der Waals surface area (Å²) >= 11 is 0. The molecule has 0 aromatic carbocycles. The van der Waals surface area contributed by atoms with Gasteiger partial charge in [0.05, 0.1) is 6.42 Å². The van der Waals surface area contributed by atoms with E-state index >= 15 is 0 Å². The van der Waals surface area contributed by atoms with Gasteiger partial charge in [-0.05, 0) is 13.8 Å². The number of carboxylic acids is 2. The molecule has 0 radical (unpaired) electrons. The number of hydrogen-bond acceptors (Lipinski definition) is 3. The first kappa shape index (κ1) is 11.7. The minimum absolute atomic E-state index is 0.134. The second kappa shape index (κ2) is 4.44. The van der Waals surface area contributed by atoms with Crippen LogP contribution in [0.1, 0.15) is 20.3 Å². The van der Waals surface area contributed by atoms with E-state index in [1.165, 1.54) is 0 Å². The van der Waals surface area contributed by atoms with Crippen molar-refractivity contribution in [3.05, 3.63) is 11.1 Å². The highest BCUT2D eigenvalue weighted by Gasteiger charge is 2.37. The van der Waals surface area contributed by atoms with E-state index in [0.717, 1.165) is 11.1 Å². The molecule has 0 aliphatic carbocycles. The van der Waals surface area contributed by atoms with E-state index in [0.29, 0.717) is 6.54 Å². The van der Waals surface area contributed by atoms with Crippen LogP contribution in [0.15, 0.2) is 11.1 Å². The van der Waals surface area contributed by atoms with Gasteiger partial charge >= 0.3 is 11.9 Å². The number of carbonyl (C=O) groups is 2. The van der Waals surface area contributed by atoms with Crippen LogP contribution >= 0.6 is 0 Å². The van der Waals surface area contributed by atoms with Crippen LogP contribution in [0.25, 0.3) is 0 Å². The molecular weight excluding hydrogens is 198 g/mol. The van der Waals surface area contributed by atoms with Gasteiger partial charge in [-0.3, -0.25) is 9.59 Å². The van der Waals surface area contributed by atoms with Crippen molar-refractivity contribution in [2.75, 3.05) is 6.54 Å². The normalized spacial score (nSPS) is 25.3. The summed E-state index contributed by atoms with van der Waals surface area (Å²) in [5.74, 6) is -2.38. The van der Waals surface area contributed by atoms with Crippen LogP contribution in [-0.4, -0.2) is 34.7 Å². The molecular formula is C10H15NO4. The van der Waals surface area contributed by atoms with Crippen LogP contribution in [0.5, 0.6) is 0 Å². The van der Waals surface area contributed by atoms with Gasteiger partial charge in [-0.2, -0.15) is 0 Å². The molecule has 84 valence electrons. The molecule has 5 nitrogen and oxygen atoms in total. The average Bonchev–Trinajstić information content (AvgIpc) is 2.46. The molecule has 5 heteroatoms. The maximum Gasteiger partial charge on any atom is 0.321 e. The Morgan fingerprint density at radius 3 is 2.40 bits per heavy atom. The van der Waals surface area contributed by atoms with Gasteiger partial charge in [-0.15, -0.1) is 0 Å². The molecule has 3 N–H and O–H groups in total. The van der Waals surface area contributed by atoms with Crippen molar-refractivity contribution in [1.29, 1.82) is 0 Å². The summed E-state index contributed by atoms with van der Waals surface area (Å²) in [6.45, 7) is 4.21. The molecule has 1 aliphatic heterocycles. The number of aliphatic carboxylic acids is 2. The second-order valence-corrected chi connectivity index (χ2v) is 3.93. The molecule has 0 aromatic rings. The van der Waals surface area contributed by atoms with Gasteiger partial charge in [0.2, 0.25) is 0 Å². The zero-order valence-electron chi connectivity index (χ0n) is 8.78. The first-order chi connectivity index (χ1) is 6.93. The Morgan fingerprint density at radius 2 is 2.00 bits per heavy atom. The third-order valence-electron chi connectivity index (χ3n) is 2.67. The number of rotatable bonds is 3. The fourth-order valence-electron chi connectivity index (χ4n) is 1.93. The number of nitrogens with one attached hydrogen (secondary N) is 1. The van der Waals surface area contributed by atoms with Crippen molar-refractivity contribution in [2.24, 2.45) is 5.92 Å². The lowest BCUT2D eigenvalue weighted by Crippen LogP contribution is -2.36. The highest BCUT2D eigenvalue weighted by molar-refractivity contribution is 5.77. The Labute approximate surface area is 87.8 Å². The maximum absolute atomic E-state index is 10.9. The van der Waals surface area contributed by atoms with Crippen LogP contribution in [0.3, 0.4) is 0 Å². The first-order valence-corrected chi connectivity index (χ1v) is 4.77. The summed E-state index contributed by atoms with van der Waals surface area (Å²) in [5.41, 5.74) is 1.90. The van der Waals surface area contributed by atoms with Crippen LogP contribution in [-0.2, 0) is 9.59 Å². The summed E-state index contributed by atoms with van der Waals surface area (Å²) in [6, 6.07) is -0.772. The fraction of sp³-hybridized carbons (Fsp3) is 0.600. The third-order valence-corrected chi connectivity index (χ3v) is 2.67. The Kier molecular flexibility index (Phi) is 3.47. The van der Waals surface area contributed by atoms with Gasteiger partial charge in [0, 0.05) is 12.5 Å². The molecule has 1 aliphatic rings. The predicted molar refractivity (Wildman–Crippen MR) is 53.5 cm³/mol. The van der Waals surface area contributed by atoms with Gasteiger partial charge in [-0.25, -0.2) is 0 Å². The molecule has 1 saturated heterocycles. The van der Waals surface area contributed by atoms with Gasteiger partial charge in [0.25, 0.3) is 0 Å². The monoisotopic (exact) mass is 213 g/mol. The molecule has 1 heterocycles. The fourth-order valence-corrected chi connectivity index (χ4v) is 1.93. The molecule has 0 aromatic heterocycles. The van der Waals surface area contributed by atoms with E-state index in [4.69, 9.17) is 10.2 Å². The van der Waals surface area contributed by atoms with Crippen LogP contribution in [0.2, 0.25) is 0 Å². The highest BCUT2D eigenvalue weighted by atomic mass is 16.4. The minimum Gasteiger partial charge on any atom is -0.481 e. The third kappa shape index (κ3) is 2.56. The molecule has 0 saturated carbocycles. The Hall–Kier alpha value is -1.36. The van der Waals surface area contributed by atoms with Crippen molar-refractivity contribution < 1.29 is 19.8 Å². The van der Waals surface area contributed by atoms with Crippen LogP contribution in [0.4, 0.5) is 0 Å².